The molecule has 3 aromatic rings. The molecule has 1 atom stereocenters. The highest BCUT2D eigenvalue weighted by Crippen LogP contribution is 2.30. The summed E-state index contributed by atoms with van der Waals surface area (Å²) < 4.78 is 0. The van der Waals surface area contributed by atoms with Gasteiger partial charge >= 0.3 is 0 Å². The Bertz CT molecular complexity index is 1200. The number of likely N-dealkylation sites (tertiary alicyclic amines) is 1. The molecule has 1 fully saturated rings. The summed E-state index contributed by atoms with van der Waals surface area (Å²) in [7, 11) is 1.62. The topological polar surface area (TPSA) is 98.4 Å². The summed E-state index contributed by atoms with van der Waals surface area (Å²) in [5.41, 5.74) is 2.49. The number of hydrogen-bond donors (Lipinski definition) is 2. The number of nitrogens with zero attached hydrogens (tertiary/aromatic N) is 3. The van der Waals surface area contributed by atoms with Gasteiger partial charge in [-0.15, -0.1) is 11.3 Å². The Hall–Kier alpha value is -3.20. The molecule has 0 spiro atoms. The number of thiophene rings is 1. The van der Waals surface area contributed by atoms with Crippen LogP contribution < -0.4 is 5.32 Å². The molecule has 2 N–H and O–H groups in total. The van der Waals surface area contributed by atoms with Crippen molar-refractivity contribution in [2.75, 3.05) is 20.1 Å². The fourth-order valence-electron chi connectivity index (χ4n) is 4.64. The van der Waals surface area contributed by atoms with E-state index >= 15 is 0 Å². The molecule has 0 bridgehead atoms. The predicted octanol–water partition coefficient (Wildman–Crippen LogP) is 2.56. The van der Waals surface area contributed by atoms with Gasteiger partial charge in [-0.2, -0.15) is 5.10 Å². The third-order valence-corrected chi connectivity index (χ3v) is 7.60. The predicted molar refractivity (Wildman–Crippen MR) is 122 cm³/mol. The van der Waals surface area contributed by atoms with Crippen molar-refractivity contribution >= 4 is 40.0 Å². The number of piperidine rings is 1. The van der Waals surface area contributed by atoms with Crippen molar-refractivity contribution < 1.29 is 14.4 Å². The van der Waals surface area contributed by atoms with E-state index < -0.39 is 6.04 Å². The minimum Gasteiger partial charge on any atom is -0.354 e. The highest BCUT2D eigenvalue weighted by molar-refractivity contribution is 7.14. The Kier molecular flexibility index (Phi) is 5.42. The zero-order chi connectivity index (χ0) is 22.2. The highest BCUT2D eigenvalue weighted by atomic mass is 32.1. The zero-order valence-electron chi connectivity index (χ0n) is 17.9. The van der Waals surface area contributed by atoms with Gasteiger partial charge in [-0.25, -0.2) is 0 Å². The number of H-pyrrole nitrogens is 1. The maximum absolute atomic E-state index is 13.5. The Morgan fingerprint density at radius 1 is 1.19 bits per heavy atom. The number of benzene rings is 1. The first kappa shape index (κ1) is 20.7. The molecule has 1 aromatic carbocycles. The van der Waals surface area contributed by atoms with Gasteiger partial charge in [0.1, 0.15) is 6.04 Å². The second-order valence-electron chi connectivity index (χ2n) is 8.33. The van der Waals surface area contributed by atoms with Gasteiger partial charge in [0.05, 0.1) is 16.6 Å². The first-order chi connectivity index (χ1) is 15.5. The van der Waals surface area contributed by atoms with Gasteiger partial charge in [-0.3, -0.25) is 19.5 Å². The van der Waals surface area contributed by atoms with Gasteiger partial charge in [0, 0.05) is 42.5 Å². The van der Waals surface area contributed by atoms with E-state index in [9.17, 15) is 14.4 Å². The normalized spacial score (nSPS) is 18.5. The van der Waals surface area contributed by atoms with Gasteiger partial charge in [0.2, 0.25) is 5.91 Å². The zero-order valence-corrected chi connectivity index (χ0v) is 18.7. The number of fused-ring (bicyclic) bond motifs is 2. The van der Waals surface area contributed by atoms with E-state index in [1.165, 1.54) is 11.3 Å². The fourth-order valence-corrected chi connectivity index (χ4v) is 5.75. The molecule has 0 saturated carbocycles. The van der Waals surface area contributed by atoms with Crippen LogP contribution in [0.2, 0.25) is 0 Å². The first-order valence-electron chi connectivity index (χ1n) is 10.9. The summed E-state index contributed by atoms with van der Waals surface area (Å²) in [5.74, 6) is -0.206. The standard InChI is InChI=1S/C23H25N5O3S/c1-24-21(29)20-11-16-13-27(9-7-19(16)32-20)23(31)18-4-2-3-8-28(18)22(30)14-5-6-17-15(10-14)12-25-26-17/h5-6,10-12,18H,2-4,7-9,13H2,1H3,(H,24,29)(H,25,26). The molecule has 9 heteroatoms. The van der Waals surface area contributed by atoms with Crippen LogP contribution in [-0.2, 0) is 17.8 Å². The number of nitrogens with one attached hydrogen (secondary N) is 2. The van der Waals surface area contributed by atoms with Crippen LogP contribution in [0.3, 0.4) is 0 Å². The molecular formula is C23H25N5O3S. The van der Waals surface area contributed by atoms with Crippen LogP contribution >= 0.6 is 11.3 Å². The number of carbonyl (C=O) groups is 3. The minimum absolute atomic E-state index is 0.000724. The molecule has 3 amide bonds. The van der Waals surface area contributed by atoms with E-state index in [0.29, 0.717) is 36.5 Å². The lowest BCUT2D eigenvalue weighted by molar-refractivity contribution is -0.138. The van der Waals surface area contributed by atoms with Gasteiger partial charge in [0.25, 0.3) is 11.8 Å². The quantitative estimate of drug-likeness (QED) is 0.639. The van der Waals surface area contributed by atoms with E-state index in [0.717, 1.165) is 40.6 Å². The maximum Gasteiger partial charge on any atom is 0.261 e. The molecule has 2 aliphatic heterocycles. The monoisotopic (exact) mass is 451 g/mol. The smallest absolute Gasteiger partial charge is 0.261 e. The van der Waals surface area contributed by atoms with Crippen LogP contribution in [0.5, 0.6) is 0 Å². The number of hydrogen-bond acceptors (Lipinski definition) is 5. The Labute approximate surface area is 189 Å². The maximum atomic E-state index is 13.5. The lowest BCUT2D eigenvalue weighted by Gasteiger charge is -2.38. The van der Waals surface area contributed by atoms with E-state index in [1.807, 2.05) is 23.1 Å². The molecule has 0 radical (unpaired) electrons. The molecule has 32 heavy (non-hydrogen) atoms. The molecule has 5 rings (SSSR count). The van der Waals surface area contributed by atoms with E-state index in [2.05, 4.69) is 15.5 Å². The Balaban J connectivity index is 1.35. The molecule has 8 nitrogen and oxygen atoms in total. The van der Waals surface area contributed by atoms with Crippen LogP contribution in [0.1, 0.15) is 49.7 Å². The number of aromatic nitrogens is 2. The summed E-state index contributed by atoms with van der Waals surface area (Å²) in [4.78, 5) is 44.3. The third-order valence-electron chi connectivity index (χ3n) is 6.37. The van der Waals surface area contributed by atoms with Gasteiger partial charge < -0.3 is 15.1 Å². The van der Waals surface area contributed by atoms with E-state index in [-0.39, 0.29) is 17.7 Å². The number of amides is 3. The molecule has 1 unspecified atom stereocenters. The van der Waals surface area contributed by atoms with Crippen molar-refractivity contribution in [1.82, 2.24) is 25.3 Å². The van der Waals surface area contributed by atoms with Gasteiger partial charge in [-0.1, -0.05) is 0 Å². The van der Waals surface area contributed by atoms with Crippen molar-refractivity contribution in [3.63, 3.8) is 0 Å². The van der Waals surface area contributed by atoms with Crippen LogP contribution in [0.15, 0.2) is 30.5 Å². The molecule has 2 aromatic heterocycles. The number of aromatic amines is 1. The summed E-state index contributed by atoms with van der Waals surface area (Å²) in [6.45, 7) is 1.68. The van der Waals surface area contributed by atoms with Gasteiger partial charge in [-0.05, 0) is 55.5 Å². The number of rotatable bonds is 3. The fraction of sp³-hybridized carbons (Fsp3) is 0.391. The van der Waals surface area contributed by atoms with Crippen molar-refractivity contribution in [2.24, 2.45) is 0 Å². The van der Waals surface area contributed by atoms with Crippen LogP contribution in [-0.4, -0.2) is 63.9 Å². The lowest BCUT2D eigenvalue weighted by Crippen LogP contribution is -2.53. The highest BCUT2D eigenvalue weighted by Gasteiger charge is 2.36. The second-order valence-corrected chi connectivity index (χ2v) is 9.47. The molecule has 2 aliphatic rings. The summed E-state index contributed by atoms with van der Waals surface area (Å²) in [6.07, 6.45) is 4.94. The summed E-state index contributed by atoms with van der Waals surface area (Å²) in [5, 5.41) is 10.5. The lowest BCUT2D eigenvalue weighted by atomic mass is 9.98. The third kappa shape index (κ3) is 3.66. The Morgan fingerprint density at radius 2 is 2.06 bits per heavy atom. The Morgan fingerprint density at radius 3 is 2.91 bits per heavy atom. The van der Waals surface area contributed by atoms with Crippen molar-refractivity contribution in [3.05, 3.63) is 51.3 Å². The summed E-state index contributed by atoms with van der Waals surface area (Å²) >= 11 is 1.50. The van der Waals surface area contributed by atoms with Crippen LogP contribution in [0.4, 0.5) is 0 Å². The van der Waals surface area contributed by atoms with Crippen molar-refractivity contribution in [1.29, 1.82) is 0 Å². The second kappa shape index (κ2) is 8.38. The largest absolute Gasteiger partial charge is 0.354 e. The average Bonchev–Trinajstić information content (AvgIpc) is 3.48. The molecule has 0 aliphatic carbocycles. The summed E-state index contributed by atoms with van der Waals surface area (Å²) in [6, 6.07) is 6.91. The van der Waals surface area contributed by atoms with E-state index in [4.69, 9.17) is 0 Å². The molecule has 166 valence electrons. The van der Waals surface area contributed by atoms with E-state index in [1.54, 1.807) is 24.2 Å². The average molecular weight is 452 g/mol. The van der Waals surface area contributed by atoms with Crippen molar-refractivity contribution in [2.45, 2.75) is 38.3 Å². The van der Waals surface area contributed by atoms with Crippen molar-refractivity contribution in [3.8, 4) is 0 Å². The van der Waals surface area contributed by atoms with Crippen LogP contribution in [0, 0.1) is 0 Å². The molecule has 4 heterocycles. The molecular weight excluding hydrogens is 426 g/mol. The molecule has 1 saturated heterocycles. The number of carbonyl (C=O) groups excluding carboxylic acids is 3. The van der Waals surface area contributed by atoms with Crippen LogP contribution in [0.25, 0.3) is 10.9 Å². The van der Waals surface area contributed by atoms with Gasteiger partial charge in [0.15, 0.2) is 0 Å². The minimum atomic E-state index is -0.449. The first-order valence-corrected chi connectivity index (χ1v) is 11.7. The SMILES string of the molecule is CNC(=O)c1cc2c(s1)CCN(C(=O)C1CCCCN1C(=O)c1ccc3[nH]ncc3c1)C2.